The number of amides is 1. The molecule has 0 bridgehead atoms. The van der Waals surface area contributed by atoms with E-state index in [4.69, 9.17) is 23.2 Å². The van der Waals surface area contributed by atoms with Gasteiger partial charge in [0.1, 0.15) is 0 Å². The van der Waals surface area contributed by atoms with Crippen molar-refractivity contribution in [3.63, 3.8) is 0 Å². The second-order valence-electron chi connectivity index (χ2n) is 3.43. The number of hydrogen-bond donors (Lipinski definition) is 1. The van der Waals surface area contributed by atoms with Crippen LogP contribution in [0.25, 0.3) is 0 Å². The van der Waals surface area contributed by atoms with Gasteiger partial charge in [0.2, 0.25) is 5.91 Å². The number of allylic oxidation sites excluding steroid dienone is 1. The fourth-order valence-electron chi connectivity index (χ4n) is 1.21. The van der Waals surface area contributed by atoms with E-state index < -0.39 is 0 Å². The van der Waals surface area contributed by atoms with Crippen LogP contribution in [0.1, 0.15) is 13.8 Å². The molecule has 0 aliphatic carbocycles. The van der Waals surface area contributed by atoms with Gasteiger partial charge in [-0.25, -0.2) is 0 Å². The van der Waals surface area contributed by atoms with Gasteiger partial charge in [-0.15, -0.1) is 0 Å². The van der Waals surface area contributed by atoms with Gasteiger partial charge in [0.25, 0.3) is 0 Å². The summed E-state index contributed by atoms with van der Waals surface area (Å²) in [4.78, 5) is 11.7. The topological polar surface area (TPSA) is 29.1 Å². The van der Waals surface area contributed by atoms with E-state index >= 15 is 0 Å². The molecular formula is C12H13Cl2NO. The Kier molecular flexibility index (Phi) is 4.84. The Labute approximate surface area is 105 Å². The molecule has 4 heteroatoms. The molecule has 0 saturated carbocycles. The SMILES string of the molecule is CC=CC(C)C(=O)Nc1ccc(Cl)c(Cl)c1. The second-order valence-corrected chi connectivity index (χ2v) is 4.25. The van der Waals surface area contributed by atoms with Crippen molar-refractivity contribution in [2.45, 2.75) is 13.8 Å². The monoisotopic (exact) mass is 257 g/mol. The molecule has 1 N–H and O–H groups in total. The minimum Gasteiger partial charge on any atom is -0.326 e. The van der Waals surface area contributed by atoms with Crippen LogP contribution < -0.4 is 5.32 Å². The molecule has 86 valence electrons. The van der Waals surface area contributed by atoms with Crippen molar-refractivity contribution in [1.29, 1.82) is 0 Å². The predicted octanol–water partition coefficient (Wildman–Crippen LogP) is 4.14. The molecule has 1 aromatic rings. The third-order valence-electron chi connectivity index (χ3n) is 2.08. The second kappa shape index (κ2) is 5.92. The van der Waals surface area contributed by atoms with Gasteiger partial charge in [-0.05, 0) is 25.1 Å². The van der Waals surface area contributed by atoms with Crippen molar-refractivity contribution in [2.75, 3.05) is 5.32 Å². The highest BCUT2D eigenvalue weighted by Gasteiger charge is 2.09. The van der Waals surface area contributed by atoms with Crippen LogP contribution >= 0.6 is 23.2 Å². The van der Waals surface area contributed by atoms with Gasteiger partial charge >= 0.3 is 0 Å². The summed E-state index contributed by atoms with van der Waals surface area (Å²) in [5.74, 6) is -0.240. The molecule has 16 heavy (non-hydrogen) atoms. The Morgan fingerprint density at radius 1 is 1.38 bits per heavy atom. The Balaban J connectivity index is 2.73. The molecule has 0 radical (unpaired) electrons. The molecule has 1 rings (SSSR count). The van der Waals surface area contributed by atoms with Gasteiger partial charge in [0, 0.05) is 5.69 Å². The number of anilines is 1. The van der Waals surface area contributed by atoms with Crippen LogP contribution in [-0.4, -0.2) is 5.91 Å². The molecule has 0 aliphatic rings. The van der Waals surface area contributed by atoms with Crippen molar-refractivity contribution in [3.8, 4) is 0 Å². The standard InChI is InChI=1S/C12H13Cl2NO/c1-3-4-8(2)12(16)15-9-5-6-10(13)11(14)7-9/h3-8H,1-2H3,(H,15,16). The minimum atomic E-state index is -0.167. The molecule has 0 aliphatic heterocycles. The smallest absolute Gasteiger partial charge is 0.231 e. The van der Waals surface area contributed by atoms with Crippen molar-refractivity contribution < 1.29 is 4.79 Å². The fourth-order valence-corrected chi connectivity index (χ4v) is 1.50. The van der Waals surface area contributed by atoms with E-state index in [1.165, 1.54) is 0 Å². The molecule has 0 fully saturated rings. The maximum Gasteiger partial charge on any atom is 0.231 e. The maximum atomic E-state index is 11.7. The Morgan fingerprint density at radius 2 is 2.06 bits per heavy atom. The lowest BCUT2D eigenvalue weighted by atomic mass is 10.1. The van der Waals surface area contributed by atoms with Gasteiger partial charge in [0.15, 0.2) is 0 Å². The van der Waals surface area contributed by atoms with Gasteiger partial charge < -0.3 is 5.32 Å². The number of carbonyl (C=O) groups is 1. The van der Waals surface area contributed by atoms with Crippen molar-refractivity contribution in [1.82, 2.24) is 0 Å². The molecule has 1 unspecified atom stereocenters. The number of nitrogens with one attached hydrogen (secondary N) is 1. The molecular weight excluding hydrogens is 245 g/mol. The average molecular weight is 258 g/mol. The Morgan fingerprint density at radius 3 is 2.62 bits per heavy atom. The number of benzene rings is 1. The molecule has 0 heterocycles. The lowest BCUT2D eigenvalue weighted by Gasteiger charge is -2.09. The largest absolute Gasteiger partial charge is 0.326 e. The Bertz CT molecular complexity index is 415. The normalized spacial score (nSPS) is 12.8. The van der Waals surface area contributed by atoms with E-state index in [9.17, 15) is 4.79 Å². The van der Waals surface area contributed by atoms with E-state index in [0.717, 1.165) is 0 Å². The zero-order valence-corrected chi connectivity index (χ0v) is 10.6. The number of halogens is 2. The molecule has 1 amide bonds. The number of rotatable bonds is 3. The van der Waals surface area contributed by atoms with Crippen LogP contribution in [0.3, 0.4) is 0 Å². The van der Waals surface area contributed by atoms with Crippen molar-refractivity contribution in [3.05, 3.63) is 40.4 Å². The fraction of sp³-hybridized carbons (Fsp3) is 0.250. The summed E-state index contributed by atoms with van der Waals surface area (Å²) in [5.41, 5.74) is 0.649. The number of hydrogen-bond acceptors (Lipinski definition) is 1. The Hall–Kier alpha value is -0.990. The van der Waals surface area contributed by atoms with E-state index in [2.05, 4.69) is 5.32 Å². The maximum absolute atomic E-state index is 11.7. The third kappa shape index (κ3) is 3.54. The molecule has 1 atom stereocenters. The minimum absolute atomic E-state index is 0.0727. The van der Waals surface area contributed by atoms with Gasteiger partial charge in [-0.2, -0.15) is 0 Å². The van der Waals surface area contributed by atoms with Crippen LogP contribution in [0.4, 0.5) is 5.69 Å². The zero-order chi connectivity index (χ0) is 12.1. The highest BCUT2D eigenvalue weighted by atomic mass is 35.5. The highest BCUT2D eigenvalue weighted by molar-refractivity contribution is 6.42. The van der Waals surface area contributed by atoms with Gasteiger partial charge in [-0.1, -0.05) is 42.3 Å². The van der Waals surface area contributed by atoms with Crippen LogP contribution in [-0.2, 0) is 4.79 Å². The van der Waals surface area contributed by atoms with Crippen LogP contribution in [0, 0.1) is 5.92 Å². The first-order valence-corrected chi connectivity index (χ1v) is 5.69. The summed E-state index contributed by atoms with van der Waals surface area (Å²) in [5, 5.41) is 3.66. The summed E-state index contributed by atoms with van der Waals surface area (Å²) in [6.45, 7) is 3.70. The summed E-state index contributed by atoms with van der Waals surface area (Å²) in [7, 11) is 0. The highest BCUT2D eigenvalue weighted by Crippen LogP contribution is 2.25. The van der Waals surface area contributed by atoms with Gasteiger partial charge in [0.05, 0.1) is 16.0 Å². The van der Waals surface area contributed by atoms with E-state index in [1.807, 2.05) is 26.0 Å². The first-order chi connectivity index (χ1) is 7.54. The quantitative estimate of drug-likeness (QED) is 0.811. The van der Waals surface area contributed by atoms with E-state index in [0.29, 0.717) is 15.7 Å². The molecule has 2 nitrogen and oxygen atoms in total. The van der Waals surface area contributed by atoms with E-state index in [-0.39, 0.29) is 11.8 Å². The van der Waals surface area contributed by atoms with Gasteiger partial charge in [-0.3, -0.25) is 4.79 Å². The van der Waals surface area contributed by atoms with Crippen molar-refractivity contribution >= 4 is 34.8 Å². The molecule has 0 aromatic heterocycles. The summed E-state index contributed by atoms with van der Waals surface area (Å²) in [6.07, 6.45) is 3.67. The summed E-state index contributed by atoms with van der Waals surface area (Å²) in [6, 6.07) is 5.00. The van der Waals surface area contributed by atoms with E-state index in [1.54, 1.807) is 18.2 Å². The number of carbonyl (C=O) groups excluding carboxylic acids is 1. The molecule has 1 aromatic carbocycles. The summed E-state index contributed by atoms with van der Waals surface area (Å²) < 4.78 is 0. The van der Waals surface area contributed by atoms with Crippen LogP contribution in [0.5, 0.6) is 0 Å². The lowest BCUT2D eigenvalue weighted by molar-refractivity contribution is -0.118. The zero-order valence-electron chi connectivity index (χ0n) is 9.13. The first-order valence-electron chi connectivity index (χ1n) is 4.93. The van der Waals surface area contributed by atoms with Crippen LogP contribution in [0.2, 0.25) is 10.0 Å². The molecule has 0 spiro atoms. The lowest BCUT2D eigenvalue weighted by Crippen LogP contribution is -2.18. The predicted molar refractivity (Wildman–Crippen MR) is 69.1 cm³/mol. The average Bonchev–Trinajstić information content (AvgIpc) is 2.24. The van der Waals surface area contributed by atoms with Crippen molar-refractivity contribution in [2.24, 2.45) is 5.92 Å². The van der Waals surface area contributed by atoms with Crippen LogP contribution in [0.15, 0.2) is 30.4 Å². The summed E-state index contributed by atoms with van der Waals surface area (Å²) >= 11 is 11.6. The molecule has 0 saturated heterocycles. The third-order valence-corrected chi connectivity index (χ3v) is 2.82. The first kappa shape index (κ1) is 13.1.